The maximum absolute atomic E-state index is 5.80. The van der Waals surface area contributed by atoms with Crippen LogP contribution >= 0.6 is 11.6 Å². The van der Waals surface area contributed by atoms with Gasteiger partial charge in [0.15, 0.2) is 0 Å². The van der Waals surface area contributed by atoms with Crippen LogP contribution in [-0.4, -0.2) is 48.8 Å². The molecule has 0 spiro atoms. The van der Waals surface area contributed by atoms with Crippen LogP contribution in [-0.2, 0) is 13.6 Å². The molecule has 0 aromatic carbocycles. The molecule has 2 aromatic rings. The molecule has 1 aliphatic heterocycles. The fraction of sp³-hybridized carbons (Fsp3) is 0.571. The topological polar surface area (TPSA) is 69.0 Å². The Morgan fingerprint density at radius 1 is 1.23 bits per heavy atom. The molecule has 8 heteroatoms. The molecule has 0 atom stereocenters. The van der Waals surface area contributed by atoms with Gasteiger partial charge in [-0.3, -0.25) is 4.90 Å². The van der Waals surface area contributed by atoms with E-state index in [1.165, 1.54) is 0 Å². The lowest BCUT2D eigenvalue weighted by molar-refractivity contribution is 0.0874. The first kappa shape index (κ1) is 15.2. The van der Waals surface area contributed by atoms with Crippen molar-refractivity contribution in [2.24, 2.45) is 7.05 Å². The Bertz CT molecular complexity index is 621. The van der Waals surface area contributed by atoms with Gasteiger partial charge in [0.25, 0.3) is 0 Å². The molecule has 1 aliphatic rings. The summed E-state index contributed by atoms with van der Waals surface area (Å²) in [5.74, 6) is 1.94. The van der Waals surface area contributed by atoms with E-state index in [0.29, 0.717) is 11.0 Å². The molecule has 0 amide bonds. The first-order valence-electron chi connectivity index (χ1n) is 7.33. The lowest BCUT2D eigenvalue weighted by Crippen LogP contribution is -2.38. The van der Waals surface area contributed by atoms with Gasteiger partial charge in [-0.25, -0.2) is 9.97 Å². The number of hydrogen-bond acceptors (Lipinski definition) is 6. The van der Waals surface area contributed by atoms with E-state index in [9.17, 15) is 0 Å². The summed E-state index contributed by atoms with van der Waals surface area (Å²) in [6.45, 7) is 4.71. The van der Waals surface area contributed by atoms with Gasteiger partial charge in [0.1, 0.15) is 17.8 Å². The van der Waals surface area contributed by atoms with Crippen molar-refractivity contribution < 1.29 is 4.74 Å². The summed E-state index contributed by atoms with van der Waals surface area (Å²) in [7, 11) is 2.00. The van der Waals surface area contributed by atoms with Gasteiger partial charge >= 0.3 is 6.01 Å². The molecule has 22 heavy (non-hydrogen) atoms. The maximum atomic E-state index is 5.80. The molecule has 3 rings (SSSR count). The molecule has 0 aliphatic carbocycles. The van der Waals surface area contributed by atoms with Crippen LogP contribution in [0.4, 0.5) is 0 Å². The summed E-state index contributed by atoms with van der Waals surface area (Å²) in [4.78, 5) is 10.5. The van der Waals surface area contributed by atoms with Crippen LogP contribution in [0.15, 0.2) is 12.4 Å². The Hall–Kier alpha value is -1.73. The first-order valence-corrected chi connectivity index (χ1v) is 7.71. The van der Waals surface area contributed by atoms with Crippen LogP contribution in [0.2, 0.25) is 5.02 Å². The van der Waals surface area contributed by atoms with Crippen molar-refractivity contribution in [2.75, 3.05) is 13.1 Å². The van der Waals surface area contributed by atoms with Crippen molar-refractivity contribution in [1.29, 1.82) is 0 Å². The van der Waals surface area contributed by atoms with Crippen molar-refractivity contribution in [3.05, 3.63) is 29.1 Å². The third-order valence-corrected chi connectivity index (χ3v) is 4.15. The second-order valence-corrected chi connectivity index (χ2v) is 5.94. The number of aromatic nitrogens is 5. The van der Waals surface area contributed by atoms with Crippen molar-refractivity contribution in [1.82, 2.24) is 29.6 Å². The van der Waals surface area contributed by atoms with Gasteiger partial charge in [-0.15, -0.1) is 10.2 Å². The molecule has 3 heterocycles. The van der Waals surface area contributed by atoms with Crippen molar-refractivity contribution in [2.45, 2.75) is 32.4 Å². The number of aryl methyl sites for hydroxylation is 1. The first-order chi connectivity index (χ1) is 10.6. The summed E-state index contributed by atoms with van der Waals surface area (Å²) in [6.07, 6.45) is 5.15. The second-order valence-electron chi connectivity index (χ2n) is 5.50. The van der Waals surface area contributed by atoms with Gasteiger partial charge in [-0.05, 0) is 19.8 Å². The number of hydrogen-bond donors (Lipinski definition) is 0. The van der Waals surface area contributed by atoms with Crippen LogP contribution < -0.4 is 4.74 Å². The molecule has 1 saturated heterocycles. The normalized spacial score (nSPS) is 16.9. The molecule has 7 nitrogen and oxygen atoms in total. The largest absolute Gasteiger partial charge is 0.460 e. The minimum absolute atomic E-state index is 0.152. The van der Waals surface area contributed by atoms with Crippen LogP contribution in [0.5, 0.6) is 6.01 Å². The lowest BCUT2D eigenvalue weighted by Gasteiger charge is -2.31. The number of rotatable bonds is 4. The third kappa shape index (κ3) is 3.53. The Morgan fingerprint density at radius 2 is 1.91 bits per heavy atom. The zero-order chi connectivity index (χ0) is 15.5. The standard InChI is InChI=1S/C14H19ClN6O/c1-10-18-19-13(20(10)2)9-21-5-3-12(4-6-21)22-14-16-7-11(15)8-17-14/h7-8,12H,3-6,9H2,1-2H3. The van der Waals surface area contributed by atoms with E-state index in [-0.39, 0.29) is 6.10 Å². The number of piperidine rings is 1. The highest BCUT2D eigenvalue weighted by Crippen LogP contribution is 2.18. The average Bonchev–Trinajstić information content (AvgIpc) is 2.84. The van der Waals surface area contributed by atoms with Crippen molar-refractivity contribution in [3.8, 4) is 6.01 Å². The highest BCUT2D eigenvalue weighted by molar-refractivity contribution is 6.30. The molecule has 0 saturated carbocycles. The molecule has 118 valence electrons. The molecular weight excluding hydrogens is 304 g/mol. The summed E-state index contributed by atoms with van der Waals surface area (Å²) in [6, 6.07) is 0.395. The van der Waals surface area contributed by atoms with Gasteiger partial charge in [-0.1, -0.05) is 11.6 Å². The lowest BCUT2D eigenvalue weighted by atomic mass is 10.1. The van der Waals surface area contributed by atoms with Crippen LogP contribution in [0.1, 0.15) is 24.5 Å². The number of likely N-dealkylation sites (tertiary alicyclic amines) is 1. The molecule has 2 aromatic heterocycles. The predicted octanol–water partition coefficient (Wildman–Crippen LogP) is 1.61. The van der Waals surface area contributed by atoms with E-state index in [0.717, 1.165) is 44.1 Å². The van der Waals surface area contributed by atoms with Gasteiger partial charge < -0.3 is 9.30 Å². The van der Waals surface area contributed by atoms with Gasteiger partial charge in [0.2, 0.25) is 0 Å². The van der Waals surface area contributed by atoms with Crippen LogP contribution in [0, 0.1) is 6.92 Å². The fourth-order valence-electron chi connectivity index (χ4n) is 2.48. The quantitative estimate of drug-likeness (QED) is 0.852. The molecule has 1 fully saturated rings. The SMILES string of the molecule is Cc1nnc(CN2CCC(Oc3ncc(Cl)cn3)CC2)n1C. The maximum Gasteiger partial charge on any atom is 0.316 e. The minimum Gasteiger partial charge on any atom is -0.460 e. The Balaban J connectivity index is 1.50. The van der Waals surface area contributed by atoms with Crippen LogP contribution in [0.25, 0.3) is 0 Å². The van der Waals surface area contributed by atoms with E-state index in [4.69, 9.17) is 16.3 Å². The van der Waals surface area contributed by atoms with E-state index in [2.05, 4.69) is 25.1 Å². The number of halogens is 1. The van der Waals surface area contributed by atoms with E-state index >= 15 is 0 Å². The molecule has 0 unspecified atom stereocenters. The third-order valence-electron chi connectivity index (χ3n) is 3.95. The van der Waals surface area contributed by atoms with E-state index < -0.39 is 0 Å². The smallest absolute Gasteiger partial charge is 0.316 e. The Morgan fingerprint density at radius 3 is 2.50 bits per heavy atom. The number of ether oxygens (including phenoxy) is 1. The summed E-state index contributed by atoms with van der Waals surface area (Å²) >= 11 is 5.76. The summed E-state index contributed by atoms with van der Waals surface area (Å²) in [5, 5.41) is 8.82. The molecule has 0 N–H and O–H groups in total. The zero-order valence-electron chi connectivity index (χ0n) is 12.7. The van der Waals surface area contributed by atoms with Gasteiger partial charge in [0.05, 0.1) is 24.0 Å². The van der Waals surface area contributed by atoms with Crippen molar-refractivity contribution in [3.63, 3.8) is 0 Å². The molecule has 0 radical (unpaired) electrons. The molecule has 0 bridgehead atoms. The Kier molecular flexibility index (Phi) is 4.54. The Labute approximate surface area is 134 Å². The summed E-state index contributed by atoms with van der Waals surface area (Å²) < 4.78 is 7.83. The van der Waals surface area contributed by atoms with Gasteiger partial charge in [-0.2, -0.15) is 0 Å². The van der Waals surface area contributed by atoms with Gasteiger partial charge in [0, 0.05) is 20.1 Å². The van der Waals surface area contributed by atoms with Crippen molar-refractivity contribution >= 4 is 11.6 Å². The van der Waals surface area contributed by atoms with E-state index in [1.54, 1.807) is 12.4 Å². The minimum atomic E-state index is 0.152. The summed E-state index contributed by atoms with van der Waals surface area (Å²) in [5.41, 5.74) is 0. The monoisotopic (exact) mass is 322 g/mol. The highest BCUT2D eigenvalue weighted by atomic mass is 35.5. The predicted molar refractivity (Wildman–Crippen MR) is 81.7 cm³/mol. The van der Waals surface area contributed by atoms with Crippen LogP contribution in [0.3, 0.4) is 0 Å². The molecular formula is C14H19ClN6O. The average molecular weight is 323 g/mol. The highest BCUT2D eigenvalue weighted by Gasteiger charge is 2.22. The number of nitrogens with zero attached hydrogens (tertiary/aromatic N) is 6. The fourth-order valence-corrected chi connectivity index (χ4v) is 2.58. The zero-order valence-corrected chi connectivity index (χ0v) is 13.5. The van der Waals surface area contributed by atoms with E-state index in [1.807, 2.05) is 18.5 Å². The second kappa shape index (κ2) is 6.58.